The maximum Gasteiger partial charge on any atom is 0.309 e. The van der Waals surface area contributed by atoms with Crippen molar-refractivity contribution in [3.63, 3.8) is 0 Å². The number of para-hydroxylation sites is 1. The molecule has 2 heterocycles. The molecule has 2 N–H and O–H groups in total. The molecule has 2 aromatic heterocycles. The van der Waals surface area contributed by atoms with Gasteiger partial charge in [-0.05, 0) is 13.0 Å². The van der Waals surface area contributed by atoms with Gasteiger partial charge in [-0.2, -0.15) is 0 Å². The molecule has 0 radical (unpaired) electrons. The highest BCUT2D eigenvalue weighted by Gasteiger charge is 2.19. The normalized spacial score (nSPS) is 11.1. The van der Waals surface area contributed by atoms with E-state index in [1.54, 1.807) is 6.33 Å². The van der Waals surface area contributed by atoms with Crippen LogP contribution in [0.15, 0.2) is 30.6 Å². The Hall–Kier alpha value is -2.56. The molecule has 0 aliphatic heterocycles. The molecule has 0 unspecified atom stereocenters. The maximum atomic E-state index is 11.0. The summed E-state index contributed by atoms with van der Waals surface area (Å²) in [5.41, 5.74) is 4.55. The Kier molecular flexibility index (Phi) is 2.82. The van der Waals surface area contributed by atoms with Gasteiger partial charge in [0.05, 0.1) is 24.1 Å². The lowest BCUT2D eigenvalue weighted by atomic mass is 10.1. The molecule has 3 rings (SSSR count). The number of hydrogen-bond donors (Lipinski definition) is 2. The average Bonchev–Trinajstić information content (AvgIpc) is 2.94. The Balaban J connectivity index is 2.28. The summed E-state index contributed by atoms with van der Waals surface area (Å²) in [4.78, 5) is 18.2. The van der Waals surface area contributed by atoms with Crippen molar-refractivity contribution in [2.45, 2.75) is 13.3 Å². The van der Waals surface area contributed by atoms with Gasteiger partial charge in [-0.15, -0.1) is 0 Å². The number of rotatable bonds is 3. The number of nitrogens with zero attached hydrogens (tertiary/aromatic N) is 2. The zero-order valence-corrected chi connectivity index (χ0v) is 11.3. The van der Waals surface area contributed by atoms with Gasteiger partial charge in [0.25, 0.3) is 0 Å². The molecule has 20 heavy (non-hydrogen) atoms. The van der Waals surface area contributed by atoms with E-state index in [1.165, 1.54) is 0 Å². The van der Waals surface area contributed by atoms with Crippen LogP contribution in [0.3, 0.4) is 0 Å². The van der Waals surface area contributed by atoms with Crippen LogP contribution in [0.25, 0.3) is 22.2 Å². The van der Waals surface area contributed by atoms with E-state index in [1.807, 2.05) is 32.2 Å². The second kappa shape index (κ2) is 4.52. The van der Waals surface area contributed by atoms with E-state index in [-0.39, 0.29) is 6.42 Å². The molecule has 0 atom stereocenters. The minimum Gasteiger partial charge on any atom is -0.481 e. The highest BCUT2D eigenvalue weighted by atomic mass is 16.4. The molecular weight excluding hydrogens is 254 g/mol. The Labute approximate surface area is 115 Å². The number of aliphatic carboxylic acids is 1. The summed E-state index contributed by atoms with van der Waals surface area (Å²) in [6.07, 6.45) is 1.49. The van der Waals surface area contributed by atoms with Gasteiger partial charge < -0.3 is 14.7 Å². The molecule has 3 aromatic rings. The van der Waals surface area contributed by atoms with Gasteiger partial charge in [-0.3, -0.25) is 4.79 Å². The summed E-state index contributed by atoms with van der Waals surface area (Å²) < 4.78 is 2.10. The van der Waals surface area contributed by atoms with Crippen molar-refractivity contribution >= 4 is 16.9 Å². The minimum absolute atomic E-state index is 0.0575. The van der Waals surface area contributed by atoms with Crippen LogP contribution >= 0.6 is 0 Å². The van der Waals surface area contributed by atoms with Crippen molar-refractivity contribution in [1.82, 2.24) is 14.5 Å². The van der Waals surface area contributed by atoms with Crippen LogP contribution in [0.2, 0.25) is 0 Å². The molecule has 0 saturated heterocycles. The van der Waals surface area contributed by atoms with E-state index in [0.29, 0.717) is 5.69 Å². The summed E-state index contributed by atoms with van der Waals surface area (Å²) >= 11 is 0. The number of benzene rings is 1. The number of aromatic amines is 1. The van der Waals surface area contributed by atoms with Gasteiger partial charge in [0.15, 0.2) is 0 Å². The topological polar surface area (TPSA) is 70.9 Å². The fourth-order valence-electron chi connectivity index (χ4n) is 2.64. The molecule has 0 aliphatic rings. The standard InChI is InChI=1S/C15H15N3O2/c1-9-14(10-5-3-4-6-12(10)18(9)2)15-11(7-13(19)20)16-8-17-15/h3-6,8H,7H2,1-2H3,(H,16,17)(H,19,20). The number of nitrogens with one attached hydrogen (secondary N) is 1. The lowest BCUT2D eigenvalue weighted by Crippen LogP contribution is -2.02. The van der Waals surface area contributed by atoms with Gasteiger partial charge in [0, 0.05) is 29.2 Å². The number of aryl methyl sites for hydroxylation is 1. The summed E-state index contributed by atoms with van der Waals surface area (Å²) in [7, 11) is 2.00. The van der Waals surface area contributed by atoms with Crippen molar-refractivity contribution in [2.75, 3.05) is 0 Å². The lowest BCUT2D eigenvalue weighted by molar-refractivity contribution is -0.136. The Morgan fingerprint density at radius 1 is 1.40 bits per heavy atom. The van der Waals surface area contributed by atoms with E-state index in [0.717, 1.165) is 27.9 Å². The van der Waals surface area contributed by atoms with Crippen LogP contribution in [0.4, 0.5) is 0 Å². The Morgan fingerprint density at radius 3 is 2.90 bits per heavy atom. The van der Waals surface area contributed by atoms with Gasteiger partial charge in [0.1, 0.15) is 0 Å². The first-order valence-corrected chi connectivity index (χ1v) is 6.38. The number of imidazole rings is 1. The third-order valence-corrected chi connectivity index (χ3v) is 3.68. The molecular formula is C15H15N3O2. The number of hydrogen-bond acceptors (Lipinski definition) is 2. The van der Waals surface area contributed by atoms with Crippen molar-refractivity contribution in [3.8, 4) is 11.3 Å². The fourth-order valence-corrected chi connectivity index (χ4v) is 2.64. The molecule has 0 spiro atoms. The number of carboxylic acids is 1. The molecule has 0 amide bonds. The number of fused-ring (bicyclic) bond motifs is 1. The molecule has 0 aliphatic carbocycles. The van der Waals surface area contributed by atoms with E-state index >= 15 is 0 Å². The molecule has 0 saturated carbocycles. The largest absolute Gasteiger partial charge is 0.481 e. The van der Waals surface area contributed by atoms with Crippen LogP contribution in [-0.2, 0) is 18.3 Å². The van der Waals surface area contributed by atoms with Gasteiger partial charge >= 0.3 is 5.97 Å². The fraction of sp³-hybridized carbons (Fsp3) is 0.200. The maximum absolute atomic E-state index is 11.0. The van der Waals surface area contributed by atoms with Crippen molar-refractivity contribution in [1.29, 1.82) is 0 Å². The molecule has 5 heteroatoms. The average molecular weight is 269 g/mol. The molecule has 102 valence electrons. The summed E-state index contributed by atoms with van der Waals surface area (Å²) in [5.74, 6) is -0.867. The highest BCUT2D eigenvalue weighted by molar-refractivity contribution is 5.98. The lowest BCUT2D eigenvalue weighted by Gasteiger charge is -2.02. The smallest absolute Gasteiger partial charge is 0.309 e. The third-order valence-electron chi connectivity index (χ3n) is 3.68. The third kappa shape index (κ3) is 1.79. The Morgan fingerprint density at radius 2 is 2.15 bits per heavy atom. The summed E-state index contributed by atoms with van der Waals surface area (Å²) in [6, 6.07) is 8.06. The predicted octanol–water partition coefficient (Wildman–Crippen LogP) is 2.50. The molecule has 5 nitrogen and oxygen atoms in total. The first-order valence-electron chi connectivity index (χ1n) is 6.38. The highest BCUT2D eigenvalue weighted by Crippen LogP contribution is 2.34. The summed E-state index contributed by atoms with van der Waals surface area (Å²) in [5, 5.41) is 10.1. The zero-order chi connectivity index (χ0) is 14.3. The zero-order valence-electron chi connectivity index (χ0n) is 11.3. The first-order chi connectivity index (χ1) is 9.59. The van der Waals surface area contributed by atoms with Crippen molar-refractivity contribution in [2.24, 2.45) is 7.05 Å². The van der Waals surface area contributed by atoms with E-state index in [2.05, 4.69) is 20.6 Å². The molecule has 0 bridgehead atoms. The monoisotopic (exact) mass is 269 g/mol. The first kappa shape index (κ1) is 12.5. The SMILES string of the molecule is Cc1c(-c2nc[nH]c2CC(=O)O)c2ccccc2n1C. The Bertz CT molecular complexity index is 799. The number of carbonyl (C=O) groups is 1. The van der Waals surface area contributed by atoms with Crippen LogP contribution in [-0.4, -0.2) is 25.6 Å². The quantitative estimate of drug-likeness (QED) is 0.767. The van der Waals surface area contributed by atoms with Gasteiger partial charge in [-0.25, -0.2) is 4.98 Å². The van der Waals surface area contributed by atoms with Crippen LogP contribution in [0, 0.1) is 6.92 Å². The van der Waals surface area contributed by atoms with Crippen LogP contribution in [0.1, 0.15) is 11.4 Å². The predicted molar refractivity (Wildman–Crippen MR) is 76.6 cm³/mol. The van der Waals surface area contributed by atoms with Crippen molar-refractivity contribution in [3.05, 3.63) is 42.0 Å². The number of carboxylic acid groups (broad SMARTS) is 1. The second-order valence-corrected chi connectivity index (χ2v) is 4.84. The van der Waals surface area contributed by atoms with Crippen molar-refractivity contribution < 1.29 is 9.90 Å². The van der Waals surface area contributed by atoms with E-state index < -0.39 is 5.97 Å². The summed E-state index contributed by atoms with van der Waals surface area (Å²) in [6.45, 7) is 2.02. The van der Waals surface area contributed by atoms with Gasteiger partial charge in [-0.1, -0.05) is 18.2 Å². The minimum atomic E-state index is -0.867. The molecule has 1 aromatic carbocycles. The second-order valence-electron chi connectivity index (χ2n) is 4.84. The van der Waals surface area contributed by atoms with E-state index in [4.69, 9.17) is 5.11 Å². The van der Waals surface area contributed by atoms with E-state index in [9.17, 15) is 4.79 Å². The number of H-pyrrole nitrogens is 1. The molecule has 0 fully saturated rings. The van der Waals surface area contributed by atoms with Crippen LogP contribution < -0.4 is 0 Å². The number of aromatic nitrogens is 3. The van der Waals surface area contributed by atoms with Crippen LogP contribution in [0.5, 0.6) is 0 Å². The van der Waals surface area contributed by atoms with Gasteiger partial charge in [0.2, 0.25) is 0 Å².